The zero-order chi connectivity index (χ0) is 14.3. The summed E-state index contributed by atoms with van der Waals surface area (Å²) in [6.45, 7) is 6.19. The van der Waals surface area contributed by atoms with Crippen LogP contribution < -0.4 is 10.1 Å². The van der Waals surface area contributed by atoms with Crippen LogP contribution in [0.1, 0.15) is 13.8 Å². The maximum absolute atomic E-state index is 13.6. The second-order valence-electron chi connectivity index (χ2n) is 4.82. The number of rotatable bonds is 8. The van der Waals surface area contributed by atoms with Crippen LogP contribution in [0.25, 0.3) is 0 Å². The summed E-state index contributed by atoms with van der Waals surface area (Å²) in [5.74, 6) is 0.432. The molecular formula is C14H21BrFNO2. The summed E-state index contributed by atoms with van der Waals surface area (Å²) < 4.78 is 25.2. The smallest absolute Gasteiger partial charge is 0.165 e. The predicted octanol–water partition coefficient (Wildman–Crippen LogP) is 3.23. The molecule has 0 aliphatic rings. The van der Waals surface area contributed by atoms with E-state index in [1.54, 1.807) is 19.2 Å². The lowest BCUT2D eigenvalue weighted by Crippen LogP contribution is -2.36. The molecule has 5 heteroatoms. The number of methoxy groups -OCH3 is 1. The summed E-state index contributed by atoms with van der Waals surface area (Å²) in [5, 5.41) is 3.28. The minimum atomic E-state index is -0.367. The Balaban J connectivity index is 2.58. The first-order chi connectivity index (χ1) is 9.02. The van der Waals surface area contributed by atoms with Gasteiger partial charge in [-0.2, -0.15) is 0 Å². The molecule has 0 aromatic heterocycles. The van der Waals surface area contributed by atoms with Gasteiger partial charge in [0.15, 0.2) is 11.6 Å². The normalized spacial score (nSPS) is 12.7. The molecule has 0 heterocycles. The van der Waals surface area contributed by atoms with E-state index in [4.69, 9.17) is 9.47 Å². The fourth-order valence-electron chi connectivity index (χ4n) is 1.60. The number of nitrogens with one attached hydrogen (secondary N) is 1. The van der Waals surface area contributed by atoms with Crippen LogP contribution in [0, 0.1) is 11.7 Å². The van der Waals surface area contributed by atoms with Crippen molar-refractivity contribution in [3.05, 3.63) is 28.5 Å². The molecule has 0 saturated heterocycles. The highest BCUT2D eigenvalue weighted by atomic mass is 79.9. The predicted molar refractivity (Wildman–Crippen MR) is 78.1 cm³/mol. The van der Waals surface area contributed by atoms with Crippen LogP contribution in [0.15, 0.2) is 22.7 Å². The average molecular weight is 334 g/mol. The quantitative estimate of drug-likeness (QED) is 0.792. The van der Waals surface area contributed by atoms with Crippen LogP contribution in [-0.2, 0) is 4.74 Å². The highest BCUT2D eigenvalue weighted by molar-refractivity contribution is 9.10. The molecule has 0 fully saturated rings. The maximum atomic E-state index is 13.6. The minimum absolute atomic E-state index is 0.215. The molecule has 0 spiro atoms. The Bertz CT molecular complexity index is 388. The van der Waals surface area contributed by atoms with E-state index in [2.05, 4.69) is 35.1 Å². The van der Waals surface area contributed by atoms with Gasteiger partial charge in [0, 0.05) is 18.1 Å². The number of halogens is 2. The van der Waals surface area contributed by atoms with Crippen LogP contribution in [0.5, 0.6) is 5.75 Å². The van der Waals surface area contributed by atoms with Crippen molar-refractivity contribution in [1.82, 2.24) is 5.32 Å². The highest BCUT2D eigenvalue weighted by Gasteiger charge is 2.13. The summed E-state index contributed by atoms with van der Waals surface area (Å²) >= 11 is 3.30. The fraction of sp³-hybridized carbons (Fsp3) is 0.571. The van der Waals surface area contributed by atoms with E-state index in [0.29, 0.717) is 19.1 Å². The first-order valence-corrected chi connectivity index (χ1v) is 7.13. The van der Waals surface area contributed by atoms with Gasteiger partial charge in [-0.05, 0) is 30.7 Å². The average Bonchev–Trinajstić information content (AvgIpc) is 2.33. The van der Waals surface area contributed by atoms with Gasteiger partial charge in [0.2, 0.25) is 0 Å². The van der Waals surface area contributed by atoms with Crippen LogP contribution in [0.2, 0.25) is 0 Å². The van der Waals surface area contributed by atoms with Crippen LogP contribution in [0.3, 0.4) is 0 Å². The molecule has 19 heavy (non-hydrogen) atoms. The Morgan fingerprint density at radius 1 is 1.32 bits per heavy atom. The van der Waals surface area contributed by atoms with Gasteiger partial charge in [-0.15, -0.1) is 0 Å². The molecule has 108 valence electrons. The number of hydrogen-bond donors (Lipinski definition) is 1. The van der Waals surface area contributed by atoms with Gasteiger partial charge in [-0.3, -0.25) is 0 Å². The van der Waals surface area contributed by atoms with E-state index in [1.165, 1.54) is 6.07 Å². The van der Waals surface area contributed by atoms with Crippen molar-refractivity contribution < 1.29 is 13.9 Å². The first-order valence-electron chi connectivity index (χ1n) is 6.34. The maximum Gasteiger partial charge on any atom is 0.165 e. The van der Waals surface area contributed by atoms with Crippen molar-refractivity contribution in [3.8, 4) is 5.75 Å². The number of ether oxygens (including phenoxy) is 2. The van der Waals surface area contributed by atoms with Gasteiger partial charge in [0.25, 0.3) is 0 Å². The summed E-state index contributed by atoms with van der Waals surface area (Å²) in [7, 11) is 1.61. The summed E-state index contributed by atoms with van der Waals surface area (Å²) in [6.07, 6.45) is -0.215. The van der Waals surface area contributed by atoms with Crippen LogP contribution in [-0.4, -0.2) is 32.9 Å². The van der Waals surface area contributed by atoms with Crippen molar-refractivity contribution in [1.29, 1.82) is 0 Å². The molecular weight excluding hydrogens is 313 g/mol. The molecule has 0 amide bonds. The Kier molecular flexibility index (Phi) is 7.34. The van der Waals surface area contributed by atoms with Crippen molar-refractivity contribution in [2.24, 2.45) is 5.92 Å². The molecule has 0 saturated carbocycles. The Morgan fingerprint density at radius 3 is 2.68 bits per heavy atom. The molecule has 0 bridgehead atoms. The lowest BCUT2D eigenvalue weighted by molar-refractivity contribution is 0.0775. The van der Waals surface area contributed by atoms with E-state index in [1.807, 2.05) is 0 Å². The third-order valence-electron chi connectivity index (χ3n) is 2.46. The molecule has 1 aromatic carbocycles. The van der Waals surface area contributed by atoms with Gasteiger partial charge in [-0.1, -0.05) is 29.8 Å². The minimum Gasteiger partial charge on any atom is -0.484 e. The van der Waals surface area contributed by atoms with Crippen molar-refractivity contribution >= 4 is 15.9 Å². The third kappa shape index (κ3) is 6.36. The van der Waals surface area contributed by atoms with E-state index in [-0.39, 0.29) is 17.7 Å². The lowest BCUT2D eigenvalue weighted by Gasteiger charge is -2.20. The molecule has 1 aromatic rings. The standard InChI is InChI=1S/C14H21BrFNO2/c1-10(2)7-17-8-12(9-18-3)19-14-6-11(15)4-5-13(14)16/h4-6,10,12,17H,7-9H2,1-3H3. The second-order valence-corrected chi connectivity index (χ2v) is 5.74. The molecule has 0 aliphatic carbocycles. The third-order valence-corrected chi connectivity index (χ3v) is 2.96. The Labute approximate surface area is 122 Å². The van der Waals surface area contributed by atoms with Gasteiger partial charge in [0.1, 0.15) is 6.10 Å². The highest BCUT2D eigenvalue weighted by Crippen LogP contribution is 2.23. The SMILES string of the molecule is COCC(CNCC(C)C)Oc1cc(Br)ccc1F. The molecule has 0 radical (unpaired) electrons. The van der Waals surface area contributed by atoms with Crippen LogP contribution >= 0.6 is 15.9 Å². The topological polar surface area (TPSA) is 30.5 Å². The van der Waals surface area contributed by atoms with E-state index in [0.717, 1.165) is 11.0 Å². The van der Waals surface area contributed by atoms with E-state index in [9.17, 15) is 4.39 Å². The number of hydrogen-bond acceptors (Lipinski definition) is 3. The lowest BCUT2D eigenvalue weighted by atomic mass is 10.2. The monoisotopic (exact) mass is 333 g/mol. The van der Waals surface area contributed by atoms with E-state index >= 15 is 0 Å². The molecule has 1 unspecified atom stereocenters. The molecule has 3 nitrogen and oxygen atoms in total. The Morgan fingerprint density at radius 2 is 2.05 bits per heavy atom. The second kappa shape index (κ2) is 8.51. The Hall–Kier alpha value is -0.650. The van der Waals surface area contributed by atoms with Gasteiger partial charge >= 0.3 is 0 Å². The zero-order valence-electron chi connectivity index (χ0n) is 11.6. The zero-order valence-corrected chi connectivity index (χ0v) is 13.2. The van der Waals surface area contributed by atoms with Crippen molar-refractivity contribution in [3.63, 3.8) is 0 Å². The summed E-state index contributed by atoms with van der Waals surface area (Å²) in [5.41, 5.74) is 0. The first kappa shape index (κ1) is 16.4. The molecule has 1 rings (SSSR count). The fourth-order valence-corrected chi connectivity index (χ4v) is 1.94. The van der Waals surface area contributed by atoms with Crippen molar-refractivity contribution in [2.45, 2.75) is 20.0 Å². The van der Waals surface area contributed by atoms with Gasteiger partial charge < -0.3 is 14.8 Å². The number of benzene rings is 1. The molecule has 1 atom stereocenters. The summed E-state index contributed by atoms with van der Waals surface area (Å²) in [6, 6.07) is 4.65. The molecule has 0 aliphatic heterocycles. The van der Waals surface area contributed by atoms with E-state index < -0.39 is 0 Å². The largest absolute Gasteiger partial charge is 0.484 e. The van der Waals surface area contributed by atoms with Gasteiger partial charge in [0.05, 0.1) is 6.61 Å². The summed E-state index contributed by atoms with van der Waals surface area (Å²) in [4.78, 5) is 0. The van der Waals surface area contributed by atoms with Gasteiger partial charge in [-0.25, -0.2) is 4.39 Å². The van der Waals surface area contributed by atoms with Crippen molar-refractivity contribution in [2.75, 3.05) is 26.8 Å². The molecule has 1 N–H and O–H groups in total. The van der Waals surface area contributed by atoms with Crippen LogP contribution in [0.4, 0.5) is 4.39 Å².